The van der Waals surface area contributed by atoms with E-state index in [0.717, 1.165) is 63.6 Å². The van der Waals surface area contributed by atoms with E-state index in [1.165, 1.54) is 53.5 Å². The number of halogens is 7. The van der Waals surface area contributed by atoms with Gasteiger partial charge in [-0.2, -0.15) is 26.3 Å². The average molecular weight is 1530 g/mol. The Morgan fingerprint density at radius 2 is 0.938 bits per heavy atom. The first-order valence-electron chi connectivity index (χ1n) is 35.3. The fourth-order valence-corrected chi connectivity index (χ4v) is 13.6. The highest BCUT2D eigenvalue weighted by Gasteiger charge is 2.50. The lowest BCUT2D eigenvalue weighted by molar-refractivity contribution is -0.141. The lowest BCUT2D eigenvalue weighted by Gasteiger charge is -2.39. The summed E-state index contributed by atoms with van der Waals surface area (Å²) in [5.74, 6) is -2.09. The molecule has 12 aromatic rings. The SMILES string of the molecule is Cc1ccc(NC(=O)c2cc(-c3cccc4c3C(C)(C)C(=O)N4c3ccncn3)cnc2C(F)(F)F)cc1F.Cc1ccc(NC(=O)c2cc(-c3cccc4c3C(C)(C)C(=O)N4c3cnccn3)cnc2C)cc1.Cc1ccc(NC(=O)c2cc(-c3cccc4c3OC(C)(C)C(=O)N4c3ccccn3)ccc2C(F)(F)F)cc1. The van der Waals surface area contributed by atoms with Crippen LogP contribution in [0.2, 0.25) is 0 Å². The highest BCUT2D eigenvalue weighted by Crippen LogP contribution is 2.53. The second-order valence-corrected chi connectivity index (χ2v) is 28.4. The van der Waals surface area contributed by atoms with E-state index in [1.807, 2.05) is 83.1 Å². The Kier molecular flexibility index (Phi) is 20.7. The first-order valence-corrected chi connectivity index (χ1v) is 35.3. The van der Waals surface area contributed by atoms with E-state index in [1.54, 1.807) is 149 Å². The number of fused-ring (bicyclic) bond motifs is 3. The molecule has 20 nitrogen and oxygen atoms in total. The van der Waals surface area contributed by atoms with Gasteiger partial charge < -0.3 is 20.7 Å². The molecule has 0 bridgehead atoms. The molecule has 5 aromatic heterocycles. The second kappa shape index (κ2) is 30.3. The van der Waals surface area contributed by atoms with Gasteiger partial charge in [0, 0.05) is 70.9 Å². The highest BCUT2D eigenvalue weighted by molar-refractivity contribution is 6.16. The molecule has 6 amide bonds. The molecule has 0 spiro atoms. The number of carbonyl (C=O) groups is 6. The van der Waals surface area contributed by atoms with Crippen molar-refractivity contribution in [3.63, 3.8) is 0 Å². The molecule has 0 radical (unpaired) electrons. The van der Waals surface area contributed by atoms with Crippen molar-refractivity contribution in [1.82, 2.24) is 34.9 Å². The summed E-state index contributed by atoms with van der Waals surface area (Å²) in [7, 11) is 0. The number of rotatable bonds is 12. The third-order valence-corrected chi connectivity index (χ3v) is 19.3. The molecule has 7 aromatic carbocycles. The predicted molar refractivity (Wildman–Crippen MR) is 414 cm³/mol. The van der Waals surface area contributed by atoms with Crippen LogP contribution in [0, 0.1) is 33.5 Å². The minimum absolute atomic E-state index is 0.00514. The summed E-state index contributed by atoms with van der Waals surface area (Å²) < 4.78 is 104. The van der Waals surface area contributed by atoms with Crippen molar-refractivity contribution in [3.05, 3.63) is 293 Å². The van der Waals surface area contributed by atoms with Crippen LogP contribution >= 0.6 is 0 Å². The van der Waals surface area contributed by atoms with E-state index in [9.17, 15) is 59.5 Å². The number of benzene rings is 7. The minimum atomic E-state index is -4.93. The number of ether oxygens (including phenoxy) is 1. The van der Waals surface area contributed by atoms with Crippen LogP contribution in [0.1, 0.15) is 117 Å². The van der Waals surface area contributed by atoms with Gasteiger partial charge in [0.05, 0.1) is 62.0 Å². The van der Waals surface area contributed by atoms with E-state index in [-0.39, 0.29) is 40.6 Å². The molecule has 113 heavy (non-hydrogen) atoms. The molecule has 570 valence electrons. The molecule has 27 heteroatoms. The summed E-state index contributed by atoms with van der Waals surface area (Å²) in [6.07, 6.45) is 2.18. The molecular weight excluding hydrogens is 1460 g/mol. The van der Waals surface area contributed by atoms with Gasteiger partial charge in [0.15, 0.2) is 22.9 Å². The smallest absolute Gasteiger partial charge is 0.434 e. The van der Waals surface area contributed by atoms with Gasteiger partial charge in [0.25, 0.3) is 23.6 Å². The normalized spacial score (nSPS) is 14.3. The summed E-state index contributed by atoms with van der Waals surface area (Å²) in [5, 5.41) is 7.83. The summed E-state index contributed by atoms with van der Waals surface area (Å²) in [4.78, 5) is 113. The first kappa shape index (κ1) is 77.4. The van der Waals surface area contributed by atoms with Crippen molar-refractivity contribution in [2.24, 2.45) is 0 Å². The van der Waals surface area contributed by atoms with Crippen molar-refractivity contribution in [1.29, 1.82) is 0 Å². The number of aromatic nitrogens is 7. The van der Waals surface area contributed by atoms with Gasteiger partial charge >= 0.3 is 12.4 Å². The summed E-state index contributed by atoms with van der Waals surface area (Å²) in [6.45, 7) is 17.6. The largest absolute Gasteiger partial charge is 0.475 e. The lowest BCUT2D eigenvalue weighted by atomic mass is 9.81. The Labute approximate surface area is 643 Å². The quantitative estimate of drug-likeness (QED) is 0.0963. The summed E-state index contributed by atoms with van der Waals surface area (Å²) in [5.41, 5.74) is 3.71. The zero-order chi connectivity index (χ0) is 80.8. The van der Waals surface area contributed by atoms with Crippen LogP contribution in [-0.2, 0) is 37.6 Å². The van der Waals surface area contributed by atoms with Crippen LogP contribution in [0.25, 0.3) is 33.4 Å². The highest BCUT2D eigenvalue weighted by atomic mass is 19.4. The Bertz CT molecular complexity index is 5750. The molecule has 0 saturated carbocycles. The third-order valence-electron chi connectivity index (χ3n) is 19.3. The molecule has 0 atom stereocenters. The number of pyridine rings is 3. The van der Waals surface area contributed by atoms with E-state index in [2.05, 4.69) is 50.8 Å². The predicted octanol–water partition coefficient (Wildman–Crippen LogP) is 18.7. The molecule has 3 aliphatic heterocycles. The fraction of sp³-hybridized carbons (Fsp3) is 0.174. The van der Waals surface area contributed by atoms with Crippen LogP contribution in [0.3, 0.4) is 0 Å². The fourth-order valence-electron chi connectivity index (χ4n) is 13.6. The first-order chi connectivity index (χ1) is 53.6. The number of para-hydroxylation sites is 1. The Balaban J connectivity index is 0.000000148. The Hall–Kier alpha value is -13.7. The number of hydrogen-bond acceptors (Lipinski definition) is 14. The van der Waals surface area contributed by atoms with Crippen molar-refractivity contribution >= 4 is 87.0 Å². The van der Waals surface area contributed by atoms with Gasteiger partial charge in [-0.15, -0.1) is 0 Å². The molecule has 15 rings (SSSR count). The maximum absolute atomic E-state index is 14.0. The molecule has 3 N–H and O–H groups in total. The van der Waals surface area contributed by atoms with Crippen LogP contribution < -0.4 is 35.4 Å². The van der Waals surface area contributed by atoms with Crippen LogP contribution in [0.4, 0.5) is 82.3 Å². The number of hydrogen-bond donors (Lipinski definition) is 3. The van der Waals surface area contributed by atoms with Gasteiger partial charge in [0.1, 0.15) is 23.8 Å². The van der Waals surface area contributed by atoms with Gasteiger partial charge in [0.2, 0.25) is 11.8 Å². The van der Waals surface area contributed by atoms with Crippen molar-refractivity contribution in [2.45, 2.75) is 98.0 Å². The maximum Gasteiger partial charge on any atom is 0.434 e. The van der Waals surface area contributed by atoms with Crippen LogP contribution in [0.15, 0.2) is 226 Å². The van der Waals surface area contributed by atoms with Crippen molar-refractivity contribution in [2.75, 3.05) is 30.7 Å². The topological polar surface area (TPSA) is 248 Å². The average Bonchev–Trinajstić information content (AvgIpc) is 0.929. The number of nitrogens with one attached hydrogen (secondary N) is 3. The molecular formula is C86H70F7N13O7. The number of nitrogens with zero attached hydrogens (tertiary/aromatic N) is 10. The number of aryl methyl sites for hydroxylation is 4. The minimum Gasteiger partial charge on any atom is -0.475 e. The lowest BCUT2D eigenvalue weighted by Crippen LogP contribution is -2.50. The monoisotopic (exact) mass is 1530 g/mol. The Morgan fingerprint density at radius 3 is 1.49 bits per heavy atom. The second-order valence-electron chi connectivity index (χ2n) is 28.4. The van der Waals surface area contributed by atoms with Gasteiger partial charge in [-0.25, -0.2) is 24.3 Å². The van der Waals surface area contributed by atoms with Crippen LogP contribution in [-0.4, -0.2) is 75.9 Å². The molecule has 0 aliphatic carbocycles. The van der Waals surface area contributed by atoms with Crippen LogP contribution in [0.5, 0.6) is 5.75 Å². The molecule has 0 fully saturated rings. The number of amides is 6. The van der Waals surface area contributed by atoms with E-state index in [4.69, 9.17) is 4.74 Å². The zero-order valence-electron chi connectivity index (χ0n) is 62.3. The standard InChI is InChI=1S/C30H24F3N3O3.C28H21F4N5O2.C28H25N5O2/c1-18-10-13-20(14-11-18)35-27(37)22-17-19(12-15-23(22)30(31,32)33)21-7-6-8-24-26(21)39-29(2,3)28(38)36(24)25-9-4-5-16-34-25;1-15-7-8-17(12-20(15)29)36-25(38)19-11-16(13-34-24(19)28(30,31)32)18-5-4-6-21-23(18)27(2,3)26(39)37(21)22-9-10-33-14-35-22;1-17-8-10-20(11-9-17)32-26(34)22-14-19(15-31-18(22)2)21-6-5-7-23-25(21)28(3,4)27(35)33(23)24-16-29-12-13-30-24/h4-17H,1-3H3,(H,35,37);4-14H,1-3H3,(H,36,38);5-16H,1-4H3,(H,32,34). The summed E-state index contributed by atoms with van der Waals surface area (Å²) >= 11 is 0. The van der Waals surface area contributed by atoms with E-state index in [0.29, 0.717) is 73.6 Å². The summed E-state index contributed by atoms with van der Waals surface area (Å²) in [6, 6.07) is 47.0. The van der Waals surface area contributed by atoms with E-state index < -0.39 is 68.8 Å². The number of alkyl halides is 6. The number of carbonyl (C=O) groups excluding carboxylic acids is 6. The molecule has 0 unspecified atom stereocenters. The third kappa shape index (κ3) is 15.4. The van der Waals surface area contributed by atoms with Gasteiger partial charge in [-0.1, -0.05) is 90.0 Å². The maximum atomic E-state index is 14.0. The number of anilines is 9. The molecule has 8 heterocycles. The van der Waals surface area contributed by atoms with Gasteiger partial charge in [-0.05, 0) is 200 Å². The van der Waals surface area contributed by atoms with Crippen molar-refractivity contribution in [3.8, 4) is 39.1 Å². The van der Waals surface area contributed by atoms with Crippen molar-refractivity contribution < 1.29 is 64.2 Å². The molecule has 3 aliphatic rings. The van der Waals surface area contributed by atoms with E-state index >= 15 is 0 Å². The van der Waals surface area contributed by atoms with Gasteiger partial charge in [-0.3, -0.25) is 58.4 Å². The molecule has 0 saturated heterocycles. The Morgan fingerprint density at radius 1 is 0.425 bits per heavy atom. The zero-order valence-corrected chi connectivity index (χ0v) is 62.3.